The summed E-state index contributed by atoms with van der Waals surface area (Å²) in [5.74, 6) is 0. The highest BCUT2D eigenvalue weighted by atomic mass is 16.5. The summed E-state index contributed by atoms with van der Waals surface area (Å²) in [6.07, 6.45) is 1.02. The molecule has 0 atom stereocenters. The molecular weight excluding hydrogens is 218 g/mol. The van der Waals surface area contributed by atoms with Gasteiger partial charge in [0.1, 0.15) is 0 Å². The van der Waals surface area contributed by atoms with Crippen molar-refractivity contribution in [3.05, 3.63) is 0 Å². The number of rotatable bonds is 9. The fourth-order valence-electron chi connectivity index (χ4n) is 1.90. The van der Waals surface area contributed by atoms with Gasteiger partial charge in [-0.2, -0.15) is 0 Å². The molecule has 1 saturated heterocycles. The summed E-state index contributed by atoms with van der Waals surface area (Å²) < 4.78 is 5.19. The minimum absolute atomic E-state index is 0.122. The third-order valence-electron chi connectivity index (χ3n) is 3.08. The molecule has 0 bridgehead atoms. The molecule has 1 aliphatic rings. The monoisotopic (exact) mass is 245 g/mol. The summed E-state index contributed by atoms with van der Waals surface area (Å²) in [5, 5.41) is 11.9. The summed E-state index contributed by atoms with van der Waals surface area (Å²) in [6, 6.07) is 0. The average molecular weight is 245 g/mol. The molecule has 0 aromatic carbocycles. The molecule has 0 radical (unpaired) electrons. The SMILES string of the molecule is CN1CCN(CCNCCCOCCO)CC1. The highest BCUT2D eigenvalue weighted by Gasteiger charge is 2.12. The fourth-order valence-corrected chi connectivity index (χ4v) is 1.90. The second-order valence-corrected chi connectivity index (χ2v) is 4.58. The number of hydrogen-bond donors (Lipinski definition) is 2. The lowest BCUT2D eigenvalue weighted by atomic mass is 10.3. The van der Waals surface area contributed by atoms with E-state index in [1.807, 2.05) is 0 Å². The normalized spacial score (nSPS) is 18.7. The third kappa shape index (κ3) is 7.68. The number of nitrogens with zero attached hydrogens (tertiary/aromatic N) is 2. The molecule has 1 aliphatic heterocycles. The number of ether oxygens (including phenoxy) is 1. The number of nitrogens with one attached hydrogen (secondary N) is 1. The predicted molar refractivity (Wildman–Crippen MR) is 69.3 cm³/mol. The van der Waals surface area contributed by atoms with Gasteiger partial charge in [-0.05, 0) is 20.0 Å². The van der Waals surface area contributed by atoms with Crippen LogP contribution in [0, 0.1) is 0 Å². The molecule has 0 aromatic rings. The van der Waals surface area contributed by atoms with Crippen LogP contribution in [0.1, 0.15) is 6.42 Å². The van der Waals surface area contributed by atoms with E-state index in [-0.39, 0.29) is 6.61 Å². The van der Waals surface area contributed by atoms with Gasteiger partial charge in [0.05, 0.1) is 13.2 Å². The van der Waals surface area contributed by atoms with Crippen molar-refractivity contribution >= 4 is 0 Å². The van der Waals surface area contributed by atoms with E-state index >= 15 is 0 Å². The zero-order chi connectivity index (χ0) is 12.3. The van der Waals surface area contributed by atoms with Crippen molar-refractivity contribution in [2.24, 2.45) is 0 Å². The number of likely N-dealkylation sites (N-methyl/N-ethyl adjacent to an activating group) is 1. The second kappa shape index (κ2) is 9.79. The molecular formula is C12H27N3O2. The molecule has 0 spiro atoms. The van der Waals surface area contributed by atoms with Crippen LogP contribution in [0.25, 0.3) is 0 Å². The molecule has 2 N–H and O–H groups in total. The Bertz CT molecular complexity index is 173. The standard InChI is InChI=1S/C12H27N3O2/c1-14-6-8-15(9-7-14)5-4-13-3-2-11-17-12-10-16/h13,16H,2-12H2,1H3. The van der Waals surface area contributed by atoms with E-state index in [1.54, 1.807) is 0 Å². The number of hydrogen-bond acceptors (Lipinski definition) is 5. The quantitative estimate of drug-likeness (QED) is 0.522. The zero-order valence-electron chi connectivity index (χ0n) is 11.0. The molecule has 17 heavy (non-hydrogen) atoms. The Morgan fingerprint density at radius 3 is 2.59 bits per heavy atom. The van der Waals surface area contributed by atoms with Crippen LogP contribution in [0.5, 0.6) is 0 Å². The van der Waals surface area contributed by atoms with Crippen molar-refractivity contribution in [3.8, 4) is 0 Å². The van der Waals surface area contributed by atoms with Crippen LogP contribution in [-0.4, -0.2) is 87.6 Å². The van der Waals surface area contributed by atoms with Gasteiger partial charge in [0.15, 0.2) is 0 Å². The summed E-state index contributed by atoms with van der Waals surface area (Å²) in [5.41, 5.74) is 0. The Hall–Kier alpha value is -0.200. The predicted octanol–water partition coefficient (Wildman–Crippen LogP) is -0.778. The van der Waals surface area contributed by atoms with Gasteiger partial charge in [0.2, 0.25) is 0 Å². The topological polar surface area (TPSA) is 48.0 Å². The van der Waals surface area contributed by atoms with Gasteiger partial charge >= 0.3 is 0 Å². The van der Waals surface area contributed by atoms with Crippen LogP contribution < -0.4 is 5.32 Å². The first-order chi connectivity index (χ1) is 8.33. The van der Waals surface area contributed by atoms with Crippen LogP contribution in [0.4, 0.5) is 0 Å². The summed E-state index contributed by atoms with van der Waals surface area (Å²) in [6.45, 7) is 9.29. The lowest BCUT2D eigenvalue weighted by molar-refractivity contribution is 0.0905. The van der Waals surface area contributed by atoms with Crippen molar-refractivity contribution in [1.82, 2.24) is 15.1 Å². The zero-order valence-corrected chi connectivity index (χ0v) is 11.0. The number of piperazine rings is 1. The molecule has 1 rings (SSSR count). The molecule has 1 fully saturated rings. The minimum atomic E-state index is 0.122. The first-order valence-corrected chi connectivity index (χ1v) is 6.63. The summed E-state index contributed by atoms with van der Waals surface area (Å²) in [4.78, 5) is 4.89. The van der Waals surface area contributed by atoms with Crippen molar-refractivity contribution in [3.63, 3.8) is 0 Å². The molecule has 0 aliphatic carbocycles. The van der Waals surface area contributed by atoms with Gasteiger partial charge in [-0.25, -0.2) is 0 Å². The van der Waals surface area contributed by atoms with Gasteiger partial charge in [-0.15, -0.1) is 0 Å². The Morgan fingerprint density at radius 2 is 1.88 bits per heavy atom. The summed E-state index contributed by atoms with van der Waals surface area (Å²) >= 11 is 0. The molecule has 0 amide bonds. The van der Waals surface area contributed by atoms with Crippen molar-refractivity contribution in [1.29, 1.82) is 0 Å². The third-order valence-corrected chi connectivity index (χ3v) is 3.08. The highest BCUT2D eigenvalue weighted by Crippen LogP contribution is 1.97. The highest BCUT2D eigenvalue weighted by molar-refractivity contribution is 4.69. The van der Waals surface area contributed by atoms with E-state index in [2.05, 4.69) is 22.2 Å². The molecule has 5 heteroatoms. The lowest BCUT2D eigenvalue weighted by Gasteiger charge is -2.32. The maximum atomic E-state index is 8.52. The molecule has 1 heterocycles. The van der Waals surface area contributed by atoms with Crippen molar-refractivity contribution in [2.75, 3.05) is 72.7 Å². The van der Waals surface area contributed by atoms with Gasteiger partial charge < -0.3 is 20.1 Å². The smallest absolute Gasteiger partial charge is 0.0697 e. The first-order valence-electron chi connectivity index (χ1n) is 6.63. The maximum absolute atomic E-state index is 8.52. The van der Waals surface area contributed by atoms with Crippen LogP contribution in [0.2, 0.25) is 0 Å². The molecule has 0 saturated carbocycles. The average Bonchev–Trinajstić information content (AvgIpc) is 2.35. The van der Waals surface area contributed by atoms with Gasteiger partial charge in [0, 0.05) is 45.9 Å². The Morgan fingerprint density at radius 1 is 1.12 bits per heavy atom. The Labute approximate surface area is 105 Å². The molecule has 102 valence electrons. The summed E-state index contributed by atoms with van der Waals surface area (Å²) in [7, 11) is 2.18. The largest absolute Gasteiger partial charge is 0.394 e. The van der Waals surface area contributed by atoms with Gasteiger partial charge in [-0.1, -0.05) is 0 Å². The van der Waals surface area contributed by atoms with E-state index in [0.717, 1.165) is 32.7 Å². The number of aliphatic hydroxyl groups is 1. The molecule has 0 unspecified atom stereocenters. The van der Waals surface area contributed by atoms with Crippen LogP contribution >= 0.6 is 0 Å². The molecule has 5 nitrogen and oxygen atoms in total. The van der Waals surface area contributed by atoms with E-state index in [9.17, 15) is 0 Å². The van der Waals surface area contributed by atoms with Crippen molar-refractivity contribution in [2.45, 2.75) is 6.42 Å². The van der Waals surface area contributed by atoms with Crippen LogP contribution in [0.15, 0.2) is 0 Å². The van der Waals surface area contributed by atoms with Crippen molar-refractivity contribution < 1.29 is 9.84 Å². The van der Waals surface area contributed by atoms with E-state index in [1.165, 1.54) is 26.2 Å². The Balaban J connectivity index is 1.81. The van der Waals surface area contributed by atoms with Gasteiger partial charge in [-0.3, -0.25) is 4.90 Å². The minimum Gasteiger partial charge on any atom is -0.394 e. The van der Waals surface area contributed by atoms with Gasteiger partial charge in [0.25, 0.3) is 0 Å². The fraction of sp³-hybridized carbons (Fsp3) is 1.00. The Kier molecular flexibility index (Phi) is 8.56. The number of aliphatic hydroxyl groups excluding tert-OH is 1. The van der Waals surface area contributed by atoms with E-state index < -0.39 is 0 Å². The van der Waals surface area contributed by atoms with Crippen LogP contribution in [0.3, 0.4) is 0 Å². The van der Waals surface area contributed by atoms with E-state index in [0.29, 0.717) is 6.61 Å². The maximum Gasteiger partial charge on any atom is 0.0697 e. The lowest BCUT2D eigenvalue weighted by Crippen LogP contribution is -2.46. The second-order valence-electron chi connectivity index (χ2n) is 4.58. The van der Waals surface area contributed by atoms with Crippen LogP contribution in [-0.2, 0) is 4.74 Å². The van der Waals surface area contributed by atoms with E-state index in [4.69, 9.17) is 9.84 Å². The first kappa shape index (κ1) is 14.9. The molecule has 0 aromatic heterocycles.